The zero-order valence-electron chi connectivity index (χ0n) is 10.1. The normalized spacial score (nSPS) is 25.9. The molecule has 86 valence electrons. The number of benzene rings is 1. The third-order valence-electron chi connectivity index (χ3n) is 3.52. The molecule has 1 heterocycles. The van der Waals surface area contributed by atoms with Gasteiger partial charge in [-0.2, -0.15) is 0 Å². The SMILES string of the molecule is CN1CCCC(C)(Cc2ccccc2)C1=O. The van der Waals surface area contributed by atoms with Crippen molar-refractivity contribution in [3.05, 3.63) is 35.9 Å². The van der Waals surface area contributed by atoms with Gasteiger partial charge in [0.05, 0.1) is 5.41 Å². The highest BCUT2D eigenvalue weighted by Gasteiger charge is 2.38. The lowest BCUT2D eigenvalue weighted by Crippen LogP contribution is -2.46. The van der Waals surface area contributed by atoms with Gasteiger partial charge in [0.2, 0.25) is 5.91 Å². The molecule has 2 heteroatoms. The molecule has 0 N–H and O–H groups in total. The van der Waals surface area contributed by atoms with Crippen molar-refractivity contribution in [3.8, 4) is 0 Å². The maximum Gasteiger partial charge on any atom is 0.228 e. The predicted octanol–water partition coefficient (Wildman–Crippen LogP) is 2.49. The second-order valence-electron chi connectivity index (χ2n) is 5.05. The second kappa shape index (κ2) is 4.28. The number of nitrogens with zero attached hydrogens (tertiary/aromatic N) is 1. The molecule has 2 rings (SSSR count). The highest BCUT2D eigenvalue weighted by molar-refractivity contribution is 5.83. The second-order valence-corrected chi connectivity index (χ2v) is 5.05. The summed E-state index contributed by atoms with van der Waals surface area (Å²) in [6.45, 7) is 3.00. The van der Waals surface area contributed by atoms with Crippen LogP contribution in [0.15, 0.2) is 30.3 Å². The van der Waals surface area contributed by atoms with Gasteiger partial charge in [-0.15, -0.1) is 0 Å². The molecule has 1 aromatic carbocycles. The van der Waals surface area contributed by atoms with Gasteiger partial charge in [0, 0.05) is 13.6 Å². The molecule has 16 heavy (non-hydrogen) atoms. The third-order valence-corrected chi connectivity index (χ3v) is 3.52. The minimum Gasteiger partial charge on any atom is -0.345 e. The third kappa shape index (κ3) is 2.11. The van der Waals surface area contributed by atoms with Crippen LogP contribution in [-0.4, -0.2) is 24.4 Å². The van der Waals surface area contributed by atoms with E-state index in [1.54, 1.807) is 0 Å². The van der Waals surface area contributed by atoms with Crippen molar-refractivity contribution < 1.29 is 4.79 Å². The van der Waals surface area contributed by atoms with E-state index in [9.17, 15) is 4.79 Å². The van der Waals surface area contributed by atoms with Gasteiger partial charge in [-0.3, -0.25) is 4.79 Å². The Morgan fingerprint density at radius 1 is 1.31 bits per heavy atom. The number of rotatable bonds is 2. The monoisotopic (exact) mass is 217 g/mol. The van der Waals surface area contributed by atoms with Crippen LogP contribution in [0.3, 0.4) is 0 Å². The van der Waals surface area contributed by atoms with Crippen LogP contribution in [0.1, 0.15) is 25.3 Å². The quantitative estimate of drug-likeness (QED) is 0.745. The van der Waals surface area contributed by atoms with E-state index >= 15 is 0 Å². The van der Waals surface area contributed by atoms with Gasteiger partial charge in [0.1, 0.15) is 0 Å². The Balaban J connectivity index is 2.16. The van der Waals surface area contributed by atoms with Crippen molar-refractivity contribution >= 4 is 5.91 Å². The van der Waals surface area contributed by atoms with Crippen LogP contribution in [0, 0.1) is 5.41 Å². The Labute approximate surface area is 97.3 Å². The highest BCUT2D eigenvalue weighted by atomic mass is 16.2. The first kappa shape index (κ1) is 11.2. The van der Waals surface area contributed by atoms with E-state index in [0.29, 0.717) is 5.91 Å². The zero-order chi connectivity index (χ0) is 11.6. The molecule has 1 unspecified atom stereocenters. The standard InChI is InChI=1S/C14H19NO/c1-14(9-6-10-15(2)13(14)16)11-12-7-4-3-5-8-12/h3-5,7-8H,6,9-11H2,1-2H3. The molecule has 1 aromatic rings. The maximum absolute atomic E-state index is 12.2. The number of carbonyl (C=O) groups excluding carboxylic acids is 1. The molecule has 0 saturated carbocycles. The van der Waals surface area contributed by atoms with E-state index < -0.39 is 0 Å². The van der Waals surface area contributed by atoms with Crippen LogP contribution in [0.4, 0.5) is 0 Å². The Morgan fingerprint density at radius 2 is 2.00 bits per heavy atom. The van der Waals surface area contributed by atoms with E-state index in [0.717, 1.165) is 25.8 Å². The van der Waals surface area contributed by atoms with Crippen LogP contribution >= 0.6 is 0 Å². The summed E-state index contributed by atoms with van der Waals surface area (Å²) < 4.78 is 0. The van der Waals surface area contributed by atoms with E-state index in [1.807, 2.05) is 30.1 Å². The lowest BCUT2D eigenvalue weighted by molar-refractivity contribution is -0.143. The van der Waals surface area contributed by atoms with Crippen LogP contribution in [-0.2, 0) is 11.2 Å². The summed E-state index contributed by atoms with van der Waals surface area (Å²) in [4.78, 5) is 14.0. The minimum absolute atomic E-state index is 0.200. The number of hydrogen-bond acceptors (Lipinski definition) is 1. The summed E-state index contributed by atoms with van der Waals surface area (Å²) in [7, 11) is 1.91. The van der Waals surface area contributed by atoms with Crippen LogP contribution in [0.5, 0.6) is 0 Å². The molecule has 2 nitrogen and oxygen atoms in total. The number of piperidine rings is 1. The van der Waals surface area contributed by atoms with E-state index in [1.165, 1.54) is 5.56 Å². The molecule has 0 aliphatic carbocycles. The molecular weight excluding hydrogens is 198 g/mol. The van der Waals surface area contributed by atoms with Gasteiger partial charge in [0.15, 0.2) is 0 Å². The molecule has 0 bridgehead atoms. The van der Waals surface area contributed by atoms with Gasteiger partial charge in [-0.1, -0.05) is 37.3 Å². The molecule has 0 spiro atoms. The van der Waals surface area contributed by atoms with Gasteiger partial charge < -0.3 is 4.90 Å². The largest absolute Gasteiger partial charge is 0.345 e. The molecule has 0 radical (unpaired) electrons. The molecule has 1 amide bonds. The van der Waals surface area contributed by atoms with Gasteiger partial charge >= 0.3 is 0 Å². The molecule has 1 aliphatic heterocycles. The molecule has 1 saturated heterocycles. The minimum atomic E-state index is -0.200. The van der Waals surface area contributed by atoms with Crippen LogP contribution in [0.25, 0.3) is 0 Å². The summed E-state index contributed by atoms with van der Waals surface area (Å²) in [6.07, 6.45) is 2.98. The van der Waals surface area contributed by atoms with Gasteiger partial charge in [-0.05, 0) is 24.8 Å². The average Bonchev–Trinajstić information content (AvgIpc) is 2.27. The fourth-order valence-corrected chi connectivity index (χ4v) is 2.59. The summed E-state index contributed by atoms with van der Waals surface area (Å²) in [5.74, 6) is 0.294. The number of likely N-dealkylation sites (tertiary alicyclic amines) is 1. The Morgan fingerprint density at radius 3 is 2.69 bits per heavy atom. The molecular formula is C14H19NO. The maximum atomic E-state index is 12.2. The van der Waals surface area contributed by atoms with E-state index in [4.69, 9.17) is 0 Å². The molecule has 1 aliphatic rings. The number of carbonyl (C=O) groups is 1. The van der Waals surface area contributed by atoms with E-state index in [2.05, 4.69) is 19.1 Å². The smallest absolute Gasteiger partial charge is 0.228 e. The van der Waals surface area contributed by atoms with Crippen molar-refractivity contribution in [2.75, 3.05) is 13.6 Å². The lowest BCUT2D eigenvalue weighted by atomic mass is 9.76. The van der Waals surface area contributed by atoms with Crippen molar-refractivity contribution in [2.24, 2.45) is 5.41 Å². The van der Waals surface area contributed by atoms with Gasteiger partial charge in [0.25, 0.3) is 0 Å². The van der Waals surface area contributed by atoms with Gasteiger partial charge in [-0.25, -0.2) is 0 Å². The summed E-state index contributed by atoms with van der Waals surface area (Å²) >= 11 is 0. The topological polar surface area (TPSA) is 20.3 Å². The van der Waals surface area contributed by atoms with Crippen molar-refractivity contribution in [1.29, 1.82) is 0 Å². The summed E-state index contributed by atoms with van der Waals surface area (Å²) in [5, 5.41) is 0. The molecule has 1 atom stereocenters. The van der Waals surface area contributed by atoms with Crippen LogP contribution in [0.2, 0.25) is 0 Å². The fourth-order valence-electron chi connectivity index (χ4n) is 2.59. The first-order chi connectivity index (χ1) is 7.62. The fraction of sp³-hybridized carbons (Fsp3) is 0.500. The number of hydrogen-bond donors (Lipinski definition) is 0. The predicted molar refractivity (Wildman–Crippen MR) is 65.1 cm³/mol. The van der Waals surface area contributed by atoms with Crippen molar-refractivity contribution in [3.63, 3.8) is 0 Å². The lowest BCUT2D eigenvalue weighted by Gasteiger charge is -2.37. The highest BCUT2D eigenvalue weighted by Crippen LogP contribution is 2.33. The first-order valence-electron chi connectivity index (χ1n) is 5.91. The van der Waals surface area contributed by atoms with E-state index in [-0.39, 0.29) is 5.41 Å². The zero-order valence-corrected chi connectivity index (χ0v) is 10.1. The summed E-state index contributed by atoms with van der Waals surface area (Å²) in [6, 6.07) is 10.3. The molecule has 0 aromatic heterocycles. The molecule has 1 fully saturated rings. The van der Waals surface area contributed by atoms with Crippen molar-refractivity contribution in [2.45, 2.75) is 26.2 Å². The van der Waals surface area contributed by atoms with Crippen molar-refractivity contribution in [1.82, 2.24) is 4.90 Å². The van der Waals surface area contributed by atoms with Crippen LogP contribution < -0.4 is 0 Å². The average molecular weight is 217 g/mol. The Kier molecular flexibility index (Phi) is 2.99. The Hall–Kier alpha value is -1.31. The first-order valence-corrected chi connectivity index (χ1v) is 5.91. The summed E-state index contributed by atoms with van der Waals surface area (Å²) in [5.41, 5.74) is 1.06. The number of amides is 1. The Bertz CT molecular complexity index is 374.